The number of nitro benzene ring substituents is 1. The molecule has 0 amide bonds. The average molecular weight is 313 g/mol. The molecule has 0 aromatic heterocycles. The fourth-order valence-electron chi connectivity index (χ4n) is 2.55. The summed E-state index contributed by atoms with van der Waals surface area (Å²) >= 11 is 0. The van der Waals surface area contributed by atoms with Crippen LogP contribution in [0.2, 0.25) is 0 Å². The molecule has 0 spiro atoms. The molecule has 1 aromatic carbocycles. The van der Waals surface area contributed by atoms with Gasteiger partial charge in [0.25, 0.3) is 5.69 Å². The van der Waals surface area contributed by atoms with E-state index in [2.05, 4.69) is 4.72 Å². The van der Waals surface area contributed by atoms with Crippen LogP contribution in [0.1, 0.15) is 24.0 Å². The van der Waals surface area contributed by atoms with Gasteiger partial charge < -0.3 is 5.73 Å². The minimum absolute atomic E-state index is 0.104. The van der Waals surface area contributed by atoms with Gasteiger partial charge >= 0.3 is 0 Å². The lowest BCUT2D eigenvalue weighted by molar-refractivity contribution is -0.385. The van der Waals surface area contributed by atoms with E-state index in [0.29, 0.717) is 17.0 Å². The highest BCUT2D eigenvalue weighted by molar-refractivity contribution is 7.89. The van der Waals surface area contributed by atoms with E-state index in [1.165, 1.54) is 12.1 Å². The van der Waals surface area contributed by atoms with E-state index in [-0.39, 0.29) is 23.2 Å². The Kier molecular flexibility index (Phi) is 4.31. The fourth-order valence-corrected chi connectivity index (χ4v) is 4.32. The molecule has 7 nitrogen and oxygen atoms in total. The van der Waals surface area contributed by atoms with Gasteiger partial charge in [-0.3, -0.25) is 10.1 Å². The first kappa shape index (κ1) is 15.9. The maximum atomic E-state index is 12.5. The number of nitrogens with one attached hydrogen (secondary N) is 1. The molecule has 116 valence electrons. The number of non-ortho nitro benzene ring substituents is 1. The molecular formula is C13H19N3O4S. The molecule has 21 heavy (non-hydrogen) atoms. The number of nitro groups is 1. The van der Waals surface area contributed by atoms with E-state index in [0.717, 1.165) is 12.8 Å². The summed E-state index contributed by atoms with van der Waals surface area (Å²) in [6.07, 6.45) is 1.95. The molecule has 1 saturated carbocycles. The molecule has 1 unspecified atom stereocenters. The zero-order valence-electron chi connectivity index (χ0n) is 12.0. The smallest absolute Gasteiger partial charge is 0.270 e. The van der Waals surface area contributed by atoms with Crippen molar-refractivity contribution >= 4 is 15.7 Å². The second-order valence-electron chi connectivity index (χ2n) is 5.47. The monoisotopic (exact) mass is 313 g/mol. The maximum Gasteiger partial charge on any atom is 0.270 e. The molecular weight excluding hydrogens is 294 g/mol. The normalized spacial score (nSPS) is 16.7. The summed E-state index contributed by atoms with van der Waals surface area (Å²) in [6.45, 7) is 3.36. The summed E-state index contributed by atoms with van der Waals surface area (Å²) in [5.41, 5.74) is 6.24. The van der Waals surface area contributed by atoms with Crippen LogP contribution in [0.3, 0.4) is 0 Å². The number of benzene rings is 1. The van der Waals surface area contributed by atoms with Gasteiger partial charge in [-0.25, -0.2) is 13.1 Å². The first-order valence-electron chi connectivity index (χ1n) is 6.74. The van der Waals surface area contributed by atoms with Crippen LogP contribution >= 0.6 is 0 Å². The Morgan fingerprint density at radius 1 is 1.38 bits per heavy atom. The summed E-state index contributed by atoms with van der Waals surface area (Å²) in [5.74, 6) is 0.295. The van der Waals surface area contributed by atoms with E-state index < -0.39 is 14.9 Å². The molecule has 0 heterocycles. The minimum atomic E-state index is -3.73. The zero-order chi connectivity index (χ0) is 15.8. The molecule has 3 N–H and O–H groups in total. The van der Waals surface area contributed by atoms with Crippen molar-refractivity contribution in [3.63, 3.8) is 0 Å². The van der Waals surface area contributed by atoms with Crippen LogP contribution < -0.4 is 10.5 Å². The second kappa shape index (κ2) is 5.70. The topological polar surface area (TPSA) is 115 Å². The summed E-state index contributed by atoms with van der Waals surface area (Å²) < 4.78 is 27.7. The van der Waals surface area contributed by atoms with Crippen molar-refractivity contribution in [3.8, 4) is 0 Å². The van der Waals surface area contributed by atoms with Crippen LogP contribution in [0, 0.1) is 29.9 Å². The Balaban J connectivity index is 2.37. The van der Waals surface area contributed by atoms with Crippen LogP contribution in [0.25, 0.3) is 0 Å². The molecule has 1 aliphatic rings. The van der Waals surface area contributed by atoms with E-state index in [9.17, 15) is 18.5 Å². The van der Waals surface area contributed by atoms with Gasteiger partial charge in [0.05, 0.1) is 9.82 Å². The van der Waals surface area contributed by atoms with E-state index >= 15 is 0 Å². The first-order valence-corrected chi connectivity index (χ1v) is 8.22. The van der Waals surface area contributed by atoms with E-state index in [1.807, 2.05) is 0 Å². The molecule has 1 aliphatic carbocycles. The summed E-state index contributed by atoms with van der Waals surface area (Å²) in [4.78, 5) is 10.4. The Labute approximate surface area is 123 Å². The Morgan fingerprint density at radius 2 is 1.90 bits per heavy atom. The summed E-state index contributed by atoms with van der Waals surface area (Å²) in [7, 11) is -3.73. The van der Waals surface area contributed by atoms with Gasteiger partial charge in [-0.1, -0.05) is 0 Å². The lowest BCUT2D eigenvalue weighted by Gasteiger charge is -2.18. The number of aryl methyl sites for hydroxylation is 2. The maximum absolute atomic E-state index is 12.5. The van der Waals surface area contributed by atoms with Crippen LogP contribution in [0.15, 0.2) is 17.0 Å². The van der Waals surface area contributed by atoms with Crippen LogP contribution in [-0.4, -0.2) is 25.9 Å². The largest absolute Gasteiger partial charge is 0.329 e. The zero-order valence-corrected chi connectivity index (χ0v) is 12.8. The fraction of sp³-hybridized carbons (Fsp3) is 0.538. The molecule has 1 fully saturated rings. The molecule has 0 bridgehead atoms. The van der Waals surface area contributed by atoms with Crippen molar-refractivity contribution < 1.29 is 13.3 Å². The van der Waals surface area contributed by atoms with Gasteiger partial charge in [0, 0.05) is 24.7 Å². The van der Waals surface area contributed by atoms with Crippen LogP contribution in [0.5, 0.6) is 0 Å². The highest BCUT2D eigenvalue weighted by Crippen LogP contribution is 2.33. The van der Waals surface area contributed by atoms with Crippen LogP contribution in [-0.2, 0) is 10.0 Å². The number of nitrogens with zero attached hydrogens (tertiary/aromatic N) is 1. The number of sulfonamides is 1. The second-order valence-corrected chi connectivity index (χ2v) is 7.12. The SMILES string of the molecule is Cc1cc([N+](=O)[O-])cc(C)c1S(=O)(=O)NC(CN)C1CC1. The summed E-state index contributed by atoms with van der Waals surface area (Å²) in [5, 5.41) is 10.8. The van der Waals surface area contributed by atoms with Crippen molar-refractivity contribution in [2.24, 2.45) is 11.7 Å². The molecule has 2 rings (SSSR count). The standard InChI is InChI=1S/C13H19N3O4S/c1-8-5-11(16(17)18)6-9(2)13(8)21(19,20)15-12(7-14)10-3-4-10/h5-6,10,12,15H,3-4,7,14H2,1-2H3. The first-order chi connectivity index (χ1) is 9.76. The predicted molar refractivity (Wildman–Crippen MR) is 78.5 cm³/mol. The molecule has 1 atom stereocenters. The third-order valence-electron chi connectivity index (χ3n) is 3.68. The van der Waals surface area contributed by atoms with Gasteiger partial charge in [-0.05, 0) is 43.7 Å². The molecule has 8 heteroatoms. The quantitative estimate of drug-likeness (QED) is 0.605. The Morgan fingerprint density at radius 3 is 2.29 bits per heavy atom. The van der Waals surface area contributed by atoms with E-state index in [1.54, 1.807) is 13.8 Å². The van der Waals surface area contributed by atoms with Gasteiger partial charge in [0.1, 0.15) is 0 Å². The van der Waals surface area contributed by atoms with Crippen molar-refractivity contribution in [2.45, 2.75) is 37.6 Å². The van der Waals surface area contributed by atoms with Gasteiger partial charge in [-0.2, -0.15) is 0 Å². The highest BCUT2D eigenvalue weighted by Gasteiger charge is 2.34. The molecule has 0 aliphatic heterocycles. The lowest BCUT2D eigenvalue weighted by atomic mass is 10.1. The Bertz CT molecular complexity index is 645. The number of nitrogens with two attached hydrogens (primary N) is 1. The predicted octanol–water partition coefficient (Wildman–Crippen LogP) is 1.23. The van der Waals surface area contributed by atoms with Crippen molar-refractivity contribution in [3.05, 3.63) is 33.4 Å². The molecule has 1 aromatic rings. The molecule has 0 saturated heterocycles. The van der Waals surface area contributed by atoms with Gasteiger partial charge in [-0.15, -0.1) is 0 Å². The van der Waals surface area contributed by atoms with E-state index in [4.69, 9.17) is 5.73 Å². The Hall–Kier alpha value is -1.51. The van der Waals surface area contributed by atoms with Gasteiger partial charge in [0.2, 0.25) is 10.0 Å². The van der Waals surface area contributed by atoms with Crippen LogP contribution in [0.4, 0.5) is 5.69 Å². The lowest BCUT2D eigenvalue weighted by Crippen LogP contribution is -2.42. The highest BCUT2D eigenvalue weighted by atomic mass is 32.2. The third kappa shape index (κ3) is 3.39. The van der Waals surface area contributed by atoms with Crippen molar-refractivity contribution in [1.29, 1.82) is 0 Å². The third-order valence-corrected chi connectivity index (χ3v) is 5.47. The van der Waals surface area contributed by atoms with Gasteiger partial charge in [0.15, 0.2) is 0 Å². The number of rotatable bonds is 6. The summed E-state index contributed by atoms with van der Waals surface area (Å²) in [6, 6.07) is 2.27. The van der Waals surface area contributed by atoms with Crippen molar-refractivity contribution in [1.82, 2.24) is 4.72 Å². The van der Waals surface area contributed by atoms with Crippen molar-refractivity contribution in [2.75, 3.05) is 6.54 Å². The molecule has 0 radical (unpaired) electrons. The minimum Gasteiger partial charge on any atom is -0.329 e. The number of hydrogen-bond acceptors (Lipinski definition) is 5. The number of hydrogen-bond donors (Lipinski definition) is 2. The average Bonchev–Trinajstić information content (AvgIpc) is 3.18.